The molecular weight excluding hydrogens is 162 g/mol. The molecule has 3 heteroatoms. The molecule has 0 saturated carbocycles. The molecule has 1 heterocycles. The van der Waals surface area contributed by atoms with Gasteiger partial charge in [-0.05, 0) is 20.3 Å². The van der Waals surface area contributed by atoms with E-state index in [1.807, 2.05) is 10.9 Å². The molecule has 1 rings (SSSR count). The van der Waals surface area contributed by atoms with Gasteiger partial charge in [0.2, 0.25) is 0 Å². The number of nitrogen functional groups attached to an aromatic ring is 1. The molecule has 1 atom stereocenters. The van der Waals surface area contributed by atoms with Crippen molar-refractivity contribution < 1.29 is 0 Å². The highest BCUT2D eigenvalue weighted by Crippen LogP contribution is 2.24. The molecule has 0 bridgehead atoms. The average molecular weight is 181 g/mol. The molecule has 3 nitrogen and oxygen atoms in total. The third kappa shape index (κ3) is 1.85. The molecule has 1 aromatic rings. The summed E-state index contributed by atoms with van der Waals surface area (Å²) in [6.45, 7) is 8.53. The number of imidazole rings is 1. The Labute approximate surface area is 80.0 Å². The van der Waals surface area contributed by atoms with Gasteiger partial charge in [-0.25, -0.2) is 4.98 Å². The molecule has 2 N–H and O–H groups in total. The van der Waals surface area contributed by atoms with E-state index < -0.39 is 0 Å². The van der Waals surface area contributed by atoms with Crippen LogP contribution in [-0.4, -0.2) is 9.55 Å². The third-order valence-electron chi connectivity index (χ3n) is 2.50. The topological polar surface area (TPSA) is 43.8 Å². The van der Waals surface area contributed by atoms with E-state index in [0.29, 0.717) is 12.0 Å². The van der Waals surface area contributed by atoms with Gasteiger partial charge in [-0.3, -0.25) is 0 Å². The van der Waals surface area contributed by atoms with Crippen LogP contribution in [0, 0.1) is 0 Å². The molecule has 74 valence electrons. The minimum Gasteiger partial charge on any atom is -0.384 e. The summed E-state index contributed by atoms with van der Waals surface area (Å²) >= 11 is 0. The van der Waals surface area contributed by atoms with Crippen molar-refractivity contribution in [1.29, 1.82) is 0 Å². The molecule has 13 heavy (non-hydrogen) atoms. The van der Waals surface area contributed by atoms with Gasteiger partial charge in [0.05, 0.1) is 12.0 Å². The van der Waals surface area contributed by atoms with Gasteiger partial charge in [-0.1, -0.05) is 13.8 Å². The van der Waals surface area contributed by atoms with Gasteiger partial charge in [0.15, 0.2) is 0 Å². The molecule has 1 aromatic heterocycles. The van der Waals surface area contributed by atoms with Crippen molar-refractivity contribution >= 4 is 5.82 Å². The number of rotatable bonds is 3. The van der Waals surface area contributed by atoms with E-state index in [2.05, 4.69) is 32.7 Å². The van der Waals surface area contributed by atoms with E-state index in [9.17, 15) is 0 Å². The third-order valence-corrected chi connectivity index (χ3v) is 2.50. The number of aromatic nitrogens is 2. The summed E-state index contributed by atoms with van der Waals surface area (Å²) in [7, 11) is 0. The first-order chi connectivity index (χ1) is 6.07. The lowest BCUT2D eigenvalue weighted by molar-refractivity contribution is 0.606. The molecule has 0 radical (unpaired) electrons. The minimum atomic E-state index is 0.394. The number of anilines is 1. The summed E-state index contributed by atoms with van der Waals surface area (Å²) in [5.74, 6) is 1.28. The predicted molar refractivity (Wildman–Crippen MR) is 55.7 cm³/mol. The fraction of sp³-hybridized carbons (Fsp3) is 0.700. The average Bonchev–Trinajstić information content (AvgIpc) is 2.46. The Kier molecular flexibility index (Phi) is 2.96. The van der Waals surface area contributed by atoms with Crippen LogP contribution in [0.1, 0.15) is 51.8 Å². The number of nitrogens with two attached hydrogens (primary N) is 1. The first-order valence-electron chi connectivity index (χ1n) is 4.90. The van der Waals surface area contributed by atoms with E-state index >= 15 is 0 Å². The maximum atomic E-state index is 5.98. The van der Waals surface area contributed by atoms with Crippen molar-refractivity contribution in [2.24, 2.45) is 0 Å². The van der Waals surface area contributed by atoms with E-state index in [4.69, 9.17) is 5.73 Å². The molecule has 0 aliphatic rings. The van der Waals surface area contributed by atoms with Crippen molar-refractivity contribution in [3.8, 4) is 0 Å². The van der Waals surface area contributed by atoms with Crippen LogP contribution in [0.3, 0.4) is 0 Å². The Bertz CT molecular complexity index is 276. The SMILES string of the molecule is CCC(C)c1ncn(C(C)C)c1N. The maximum absolute atomic E-state index is 5.98. The van der Waals surface area contributed by atoms with Crippen molar-refractivity contribution in [3.05, 3.63) is 12.0 Å². The standard InChI is InChI=1S/C10H19N3/c1-5-8(4)9-10(11)13(6-12-9)7(2)3/h6-8H,5,11H2,1-4H3. The molecule has 0 fully saturated rings. The lowest BCUT2D eigenvalue weighted by Crippen LogP contribution is -2.06. The summed E-state index contributed by atoms with van der Waals surface area (Å²) in [5.41, 5.74) is 7.02. The zero-order chi connectivity index (χ0) is 10.0. The van der Waals surface area contributed by atoms with Crippen LogP contribution in [0.2, 0.25) is 0 Å². The Morgan fingerprint density at radius 2 is 2.08 bits per heavy atom. The highest BCUT2D eigenvalue weighted by atomic mass is 15.1. The second-order valence-corrected chi connectivity index (χ2v) is 3.83. The first-order valence-corrected chi connectivity index (χ1v) is 4.90. The molecule has 0 aliphatic carbocycles. The summed E-state index contributed by atoms with van der Waals surface area (Å²) in [5, 5.41) is 0. The quantitative estimate of drug-likeness (QED) is 0.778. The molecule has 0 amide bonds. The largest absolute Gasteiger partial charge is 0.384 e. The van der Waals surface area contributed by atoms with Crippen LogP contribution in [-0.2, 0) is 0 Å². The molecule has 1 unspecified atom stereocenters. The second kappa shape index (κ2) is 3.81. The van der Waals surface area contributed by atoms with Crippen LogP contribution >= 0.6 is 0 Å². The summed E-state index contributed by atoms with van der Waals surface area (Å²) in [6.07, 6.45) is 2.92. The lowest BCUT2D eigenvalue weighted by atomic mass is 10.1. The van der Waals surface area contributed by atoms with Crippen LogP contribution in [0.5, 0.6) is 0 Å². The number of hydrogen-bond donors (Lipinski definition) is 1. The highest BCUT2D eigenvalue weighted by Gasteiger charge is 2.13. The smallest absolute Gasteiger partial charge is 0.127 e. The summed E-state index contributed by atoms with van der Waals surface area (Å²) in [6, 6.07) is 0.394. The van der Waals surface area contributed by atoms with Crippen LogP contribution < -0.4 is 5.73 Å². The van der Waals surface area contributed by atoms with E-state index in [1.165, 1.54) is 0 Å². The van der Waals surface area contributed by atoms with Gasteiger partial charge in [-0.2, -0.15) is 0 Å². The maximum Gasteiger partial charge on any atom is 0.127 e. The molecule has 0 spiro atoms. The van der Waals surface area contributed by atoms with Crippen molar-refractivity contribution in [2.75, 3.05) is 5.73 Å². The first kappa shape index (κ1) is 10.1. The number of hydrogen-bond acceptors (Lipinski definition) is 2. The Balaban J connectivity index is 2.99. The van der Waals surface area contributed by atoms with Crippen LogP contribution in [0.25, 0.3) is 0 Å². The van der Waals surface area contributed by atoms with Gasteiger partial charge in [0.1, 0.15) is 5.82 Å². The van der Waals surface area contributed by atoms with E-state index in [1.54, 1.807) is 0 Å². The molecule has 0 aliphatic heterocycles. The predicted octanol–water partition coefficient (Wildman–Crippen LogP) is 2.56. The lowest BCUT2D eigenvalue weighted by Gasteiger charge is -2.11. The van der Waals surface area contributed by atoms with Crippen molar-refractivity contribution in [3.63, 3.8) is 0 Å². The van der Waals surface area contributed by atoms with Gasteiger partial charge < -0.3 is 10.3 Å². The Morgan fingerprint density at radius 1 is 1.46 bits per heavy atom. The second-order valence-electron chi connectivity index (χ2n) is 3.83. The van der Waals surface area contributed by atoms with E-state index in [0.717, 1.165) is 17.9 Å². The van der Waals surface area contributed by atoms with Crippen LogP contribution in [0.15, 0.2) is 6.33 Å². The zero-order valence-corrected chi connectivity index (χ0v) is 8.91. The number of nitrogens with zero attached hydrogens (tertiary/aromatic N) is 2. The van der Waals surface area contributed by atoms with Crippen LogP contribution in [0.4, 0.5) is 5.82 Å². The normalized spacial score (nSPS) is 13.6. The minimum absolute atomic E-state index is 0.394. The van der Waals surface area contributed by atoms with Crippen molar-refractivity contribution in [1.82, 2.24) is 9.55 Å². The Morgan fingerprint density at radius 3 is 2.46 bits per heavy atom. The van der Waals surface area contributed by atoms with Gasteiger partial charge in [0.25, 0.3) is 0 Å². The van der Waals surface area contributed by atoms with Gasteiger partial charge >= 0.3 is 0 Å². The molecule has 0 saturated heterocycles. The summed E-state index contributed by atoms with van der Waals surface area (Å²) < 4.78 is 2.02. The Hall–Kier alpha value is -0.990. The van der Waals surface area contributed by atoms with Crippen molar-refractivity contribution in [2.45, 2.75) is 46.1 Å². The molecule has 0 aromatic carbocycles. The van der Waals surface area contributed by atoms with Gasteiger partial charge in [0, 0.05) is 12.0 Å². The van der Waals surface area contributed by atoms with Gasteiger partial charge in [-0.15, -0.1) is 0 Å². The fourth-order valence-corrected chi connectivity index (χ4v) is 1.37. The van der Waals surface area contributed by atoms with E-state index in [-0.39, 0.29) is 0 Å². The monoisotopic (exact) mass is 181 g/mol. The highest BCUT2D eigenvalue weighted by molar-refractivity contribution is 5.38. The molecular formula is C10H19N3. The fourth-order valence-electron chi connectivity index (χ4n) is 1.37. The zero-order valence-electron chi connectivity index (χ0n) is 8.91. The summed E-state index contributed by atoms with van der Waals surface area (Å²) in [4.78, 5) is 4.35.